The van der Waals surface area contributed by atoms with Crippen molar-refractivity contribution in [3.63, 3.8) is 0 Å². The summed E-state index contributed by atoms with van der Waals surface area (Å²) < 4.78 is 7.68. The van der Waals surface area contributed by atoms with Crippen molar-refractivity contribution in [1.82, 2.24) is 19.1 Å². The Morgan fingerprint density at radius 3 is 2.74 bits per heavy atom. The van der Waals surface area contributed by atoms with Crippen LogP contribution < -0.4 is 11.4 Å². The number of methoxy groups -OCH3 is 1. The number of aliphatic hydroxyl groups excluding tert-OH is 1. The molecule has 3 N–H and O–H groups in total. The maximum absolute atomic E-state index is 12.2. The lowest BCUT2D eigenvalue weighted by Gasteiger charge is -2.02. The molecule has 0 saturated heterocycles. The average molecular weight is 288 g/mol. The molecule has 2 heterocycles. The number of ether oxygens (including phenoxy) is 1. The Morgan fingerprint density at radius 1 is 1.37 bits per heavy atom. The highest BCUT2D eigenvalue weighted by atomic mass is 35.5. The molecule has 2 rings (SSSR count). The van der Waals surface area contributed by atoms with Crippen molar-refractivity contribution in [2.45, 2.75) is 13.1 Å². The Morgan fingerprint density at radius 2 is 2.11 bits per heavy atom. The van der Waals surface area contributed by atoms with Crippen LogP contribution in [-0.2, 0) is 17.8 Å². The summed E-state index contributed by atoms with van der Waals surface area (Å²) in [5.74, 6) is -0.0203. The third-order valence-electron chi connectivity index (χ3n) is 2.67. The van der Waals surface area contributed by atoms with Crippen LogP contribution in [0, 0.1) is 0 Å². The molecule has 0 aliphatic heterocycles. The SMILES string of the molecule is COCCn1c(=O)n(CCO)c2nc(N)nc(Cl)c21. The number of anilines is 1. The summed E-state index contributed by atoms with van der Waals surface area (Å²) in [6.07, 6.45) is 0. The van der Waals surface area contributed by atoms with E-state index in [-0.39, 0.29) is 29.9 Å². The third kappa shape index (κ3) is 2.42. The van der Waals surface area contributed by atoms with E-state index in [2.05, 4.69) is 9.97 Å². The summed E-state index contributed by atoms with van der Waals surface area (Å²) in [6.45, 7) is 0.586. The Kier molecular flexibility index (Phi) is 4.03. The fourth-order valence-corrected chi connectivity index (χ4v) is 2.15. The van der Waals surface area contributed by atoms with E-state index >= 15 is 0 Å². The number of fused-ring (bicyclic) bond motifs is 1. The topological polar surface area (TPSA) is 108 Å². The second kappa shape index (κ2) is 5.55. The fraction of sp³-hybridized carbons (Fsp3) is 0.500. The van der Waals surface area contributed by atoms with Crippen molar-refractivity contribution in [3.8, 4) is 0 Å². The van der Waals surface area contributed by atoms with Crippen LogP contribution >= 0.6 is 11.6 Å². The highest BCUT2D eigenvalue weighted by Gasteiger charge is 2.18. The van der Waals surface area contributed by atoms with E-state index in [9.17, 15) is 4.79 Å². The van der Waals surface area contributed by atoms with Crippen LogP contribution in [0.1, 0.15) is 0 Å². The number of imidazole rings is 1. The number of halogens is 1. The predicted octanol–water partition coefficient (Wildman–Crippen LogP) is -0.533. The van der Waals surface area contributed by atoms with Crippen molar-refractivity contribution in [2.75, 3.05) is 26.1 Å². The van der Waals surface area contributed by atoms with Crippen molar-refractivity contribution in [3.05, 3.63) is 15.6 Å². The summed E-state index contributed by atoms with van der Waals surface area (Å²) in [5.41, 5.74) is 5.91. The molecule has 2 aromatic heterocycles. The minimum absolute atomic E-state index is 0.0203. The van der Waals surface area contributed by atoms with Crippen LogP contribution in [0.15, 0.2) is 4.79 Å². The van der Waals surface area contributed by atoms with Gasteiger partial charge in [-0.15, -0.1) is 0 Å². The van der Waals surface area contributed by atoms with Gasteiger partial charge in [0.25, 0.3) is 0 Å². The molecule has 0 unspecified atom stereocenters. The lowest BCUT2D eigenvalue weighted by molar-refractivity contribution is 0.187. The van der Waals surface area contributed by atoms with E-state index in [4.69, 9.17) is 27.2 Å². The second-order valence-electron chi connectivity index (χ2n) is 3.85. The largest absolute Gasteiger partial charge is 0.395 e. The number of rotatable bonds is 5. The van der Waals surface area contributed by atoms with E-state index in [0.29, 0.717) is 24.3 Å². The first-order valence-electron chi connectivity index (χ1n) is 5.62. The van der Waals surface area contributed by atoms with Gasteiger partial charge in [0.1, 0.15) is 5.52 Å². The van der Waals surface area contributed by atoms with Crippen LogP contribution in [0.25, 0.3) is 11.2 Å². The van der Waals surface area contributed by atoms with Crippen LogP contribution in [0.5, 0.6) is 0 Å². The standard InChI is InChI=1S/C10H14ClN5O3/c1-19-5-3-15-6-7(11)13-9(12)14-8(6)16(2-4-17)10(15)18/h17H,2-5H2,1H3,(H2,12,13,14). The zero-order valence-corrected chi connectivity index (χ0v) is 11.1. The molecule has 0 radical (unpaired) electrons. The third-order valence-corrected chi connectivity index (χ3v) is 2.93. The zero-order valence-electron chi connectivity index (χ0n) is 10.3. The lowest BCUT2D eigenvalue weighted by atomic mass is 10.5. The average Bonchev–Trinajstić information content (AvgIpc) is 2.61. The summed E-state index contributed by atoms with van der Waals surface area (Å²) in [6, 6.07) is 0. The second-order valence-corrected chi connectivity index (χ2v) is 4.21. The van der Waals surface area contributed by atoms with Gasteiger partial charge in [0.2, 0.25) is 5.95 Å². The summed E-state index contributed by atoms with van der Waals surface area (Å²) in [5, 5.41) is 9.13. The number of nitrogens with two attached hydrogens (primary N) is 1. The zero-order chi connectivity index (χ0) is 14.0. The monoisotopic (exact) mass is 287 g/mol. The van der Waals surface area contributed by atoms with Gasteiger partial charge in [-0.05, 0) is 0 Å². The minimum atomic E-state index is -0.331. The van der Waals surface area contributed by atoms with Crippen molar-refractivity contribution in [1.29, 1.82) is 0 Å². The maximum atomic E-state index is 12.2. The van der Waals surface area contributed by atoms with Gasteiger partial charge < -0.3 is 15.6 Å². The van der Waals surface area contributed by atoms with Gasteiger partial charge in [0.15, 0.2) is 10.8 Å². The predicted molar refractivity (Wildman–Crippen MR) is 70.2 cm³/mol. The summed E-state index contributed by atoms with van der Waals surface area (Å²) in [7, 11) is 1.54. The fourth-order valence-electron chi connectivity index (χ4n) is 1.88. The number of nitrogen functional groups attached to an aromatic ring is 1. The molecule has 0 fully saturated rings. The van der Waals surface area contributed by atoms with E-state index < -0.39 is 0 Å². The van der Waals surface area contributed by atoms with Crippen LogP contribution in [-0.4, -0.2) is 44.5 Å². The van der Waals surface area contributed by atoms with Gasteiger partial charge in [-0.3, -0.25) is 9.13 Å². The van der Waals surface area contributed by atoms with Gasteiger partial charge in [-0.1, -0.05) is 11.6 Å². The molecule has 9 heteroatoms. The molecule has 8 nitrogen and oxygen atoms in total. The number of nitrogens with zero attached hydrogens (tertiary/aromatic N) is 4. The molecular weight excluding hydrogens is 274 g/mol. The molecule has 0 spiro atoms. The molecule has 0 aromatic carbocycles. The van der Waals surface area contributed by atoms with E-state index in [0.717, 1.165) is 0 Å². The maximum Gasteiger partial charge on any atom is 0.330 e. The molecule has 0 atom stereocenters. The summed E-state index contributed by atoms with van der Waals surface area (Å²) in [4.78, 5) is 20.1. The number of aromatic nitrogens is 4. The van der Waals surface area contributed by atoms with Crippen molar-refractivity contribution in [2.24, 2.45) is 0 Å². The first-order valence-corrected chi connectivity index (χ1v) is 5.99. The van der Waals surface area contributed by atoms with E-state index in [1.807, 2.05) is 0 Å². The lowest BCUT2D eigenvalue weighted by Crippen LogP contribution is -2.26. The van der Waals surface area contributed by atoms with Crippen LogP contribution in [0.3, 0.4) is 0 Å². The molecule has 0 aliphatic rings. The van der Waals surface area contributed by atoms with Gasteiger partial charge >= 0.3 is 5.69 Å². The minimum Gasteiger partial charge on any atom is -0.395 e. The highest BCUT2D eigenvalue weighted by molar-refractivity contribution is 6.33. The quantitative estimate of drug-likeness (QED) is 0.716. The smallest absolute Gasteiger partial charge is 0.330 e. The number of hydrogen-bond donors (Lipinski definition) is 2. The highest BCUT2D eigenvalue weighted by Crippen LogP contribution is 2.20. The normalized spacial score (nSPS) is 11.3. The van der Waals surface area contributed by atoms with Crippen molar-refractivity contribution < 1.29 is 9.84 Å². The Hall–Kier alpha value is -1.64. The summed E-state index contributed by atoms with van der Waals surface area (Å²) >= 11 is 6.02. The van der Waals surface area contributed by atoms with E-state index in [1.165, 1.54) is 16.2 Å². The number of hydrogen-bond acceptors (Lipinski definition) is 6. The molecule has 0 aliphatic carbocycles. The van der Waals surface area contributed by atoms with Gasteiger partial charge in [-0.2, -0.15) is 9.97 Å². The molecule has 0 amide bonds. The molecular formula is C10H14ClN5O3. The number of aliphatic hydroxyl groups is 1. The van der Waals surface area contributed by atoms with Gasteiger partial charge in [-0.25, -0.2) is 4.79 Å². The molecule has 2 aromatic rings. The van der Waals surface area contributed by atoms with E-state index in [1.54, 1.807) is 0 Å². The van der Waals surface area contributed by atoms with Crippen LogP contribution in [0.2, 0.25) is 5.15 Å². The Labute approximate surface area is 113 Å². The molecule has 0 bridgehead atoms. The van der Waals surface area contributed by atoms with Crippen LogP contribution in [0.4, 0.5) is 5.95 Å². The van der Waals surface area contributed by atoms with Gasteiger partial charge in [0, 0.05) is 7.11 Å². The first-order chi connectivity index (χ1) is 9.10. The Balaban J connectivity index is 2.73. The Bertz CT molecular complexity index is 651. The molecule has 19 heavy (non-hydrogen) atoms. The molecule has 104 valence electrons. The van der Waals surface area contributed by atoms with Crippen molar-refractivity contribution >= 4 is 28.7 Å². The molecule has 0 saturated carbocycles. The first kappa shape index (κ1) is 13.8. The van der Waals surface area contributed by atoms with Gasteiger partial charge in [0.05, 0.1) is 26.3 Å².